The summed E-state index contributed by atoms with van der Waals surface area (Å²) in [5.74, 6) is -0.252. The first-order valence-corrected chi connectivity index (χ1v) is 2.71. The van der Waals surface area contributed by atoms with Crippen molar-refractivity contribution in [3.8, 4) is 11.5 Å². The molecule has 2 N–H and O–H groups in total. The van der Waals surface area contributed by atoms with Gasteiger partial charge in [-0.1, -0.05) is 0 Å². The smallest absolute Gasteiger partial charge is 0.153 e. The number of rotatable bonds is 1. The van der Waals surface area contributed by atoms with Crippen LogP contribution >= 0.6 is 12.4 Å². The molecular weight excluding hydrogens is 168 g/mol. The van der Waals surface area contributed by atoms with Crippen LogP contribution in [-0.2, 0) is 0 Å². The molecule has 1 aromatic carbocycles. The molecule has 0 atom stereocenters. The lowest BCUT2D eigenvalue weighted by molar-refractivity contribution is 0.112. The van der Waals surface area contributed by atoms with Crippen LogP contribution in [0.4, 0.5) is 0 Å². The molecule has 0 bridgehead atoms. The molecule has 0 radical (unpaired) electrons. The van der Waals surface area contributed by atoms with Crippen LogP contribution in [0, 0.1) is 0 Å². The molecule has 1 aromatic rings. The number of aldehydes is 1. The Balaban J connectivity index is 0.000001000. The summed E-state index contributed by atoms with van der Waals surface area (Å²) in [6.45, 7) is 0. The number of hydrogen-bond donors (Lipinski definition) is 2. The Hall–Kier alpha value is -1.22. The maximum absolute atomic E-state index is 10.1. The van der Waals surface area contributed by atoms with Gasteiger partial charge in [0.1, 0.15) is 11.5 Å². The van der Waals surface area contributed by atoms with Gasteiger partial charge in [0.15, 0.2) is 6.29 Å². The number of halogens is 1. The number of phenolic OH excluding ortho intramolecular Hbond substituents is 2. The van der Waals surface area contributed by atoms with Gasteiger partial charge in [-0.2, -0.15) is 0 Å². The fourth-order valence-corrected chi connectivity index (χ4v) is 0.632. The van der Waals surface area contributed by atoms with E-state index < -0.39 is 0 Å². The van der Waals surface area contributed by atoms with E-state index in [2.05, 4.69) is 0 Å². The fourth-order valence-electron chi connectivity index (χ4n) is 0.632. The summed E-state index contributed by atoms with van der Waals surface area (Å²) in [6.07, 6.45) is 0.523. The standard InChI is InChI=1S/C7H6O3.ClH/c8-4-5-1-2-6(9)3-7(5)10;/h1-4,9-10H;1H. The van der Waals surface area contributed by atoms with Crippen molar-refractivity contribution in [1.82, 2.24) is 0 Å². The van der Waals surface area contributed by atoms with Crippen LogP contribution in [0.3, 0.4) is 0 Å². The van der Waals surface area contributed by atoms with E-state index in [0.717, 1.165) is 6.07 Å². The molecule has 0 amide bonds. The molecule has 0 saturated carbocycles. The lowest BCUT2D eigenvalue weighted by Gasteiger charge is -1.95. The molecule has 0 aromatic heterocycles. The minimum atomic E-state index is -0.199. The van der Waals surface area contributed by atoms with Crippen LogP contribution in [0.15, 0.2) is 18.2 Å². The highest BCUT2D eigenvalue weighted by molar-refractivity contribution is 5.85. The highest BCUT2D eigenvalue weighted by Crippen LogP contribution is 2.20. The first-order chi connectivity index (χ1) is 4.74. The Labute approximate surface area is 69.7 Å². The number of phenols is 2. The van der Waals surface area contributed by atoms with Crippen LogP contribution < -0.4 is 0 Å². The second-order valence-electron chi connectivity index (χ2n) is 1.86. The Kier molecular flexibility index (Phi) is 3.40. The van der Waals surface area contributed by atoms with E-state index in [1.807, 2.05) is 0 Å². The average Bonchev–Trinajstić information content (AvgIpc) is 1.88. The molecule has 4 heteroatoms. The van der Waals surface area contributed by atoms with Crippen molar-refractivity contribution in [1.29, 1.82) is 0 Å². The van der Waals surface area contributed by atoms with Gasteiger partial charge in [-0.05, 0) is 12.1 Å². The van der Waals surface area contributed by atoms with Crippen molar-refractivity contribution in [2.45, 2.75) is 0 Å². The SMILES string of the molecule is Cl.O=Cc1ccc(O)cc1O. The largest absolute Gasteiger partial charge is 0.508 e. The second-order valence-corrected chi connectivity index (χ2v) is 1.86. The quantitative estimate of drug-likeness (QED) is 0.632. The summed E-state index contributed by atoms with van der Waals surface area (Å²) in [4.78, 5) is 10.1. The van der Waals surface area contributed by atoms with Crippen molar-refractivity contribution in [2.24, 2.45) is 0 Å². The normalized spacial score (nSPS) is 8.36. The summed E-state index contributed by atoms with van der Waals surface area (Å²) < 4.78 is 0. The van der Waals surface area contributed by atoms with Gasteiger partial charge in [0.2, 0.25) is 0 Å². The lowest BCUT2D eigenvalue weighted by Crippen LogP contribution is -1.78. The minimum Gasteiger partial charge on any atom is -0.508 e. The summed E-state index contributed by atoms with van der Waals surface area (Å²) in [5.41, 5.74) is 0.179. The summed E-state index contributed by atoms with van der Waals surface area (Å²) >= 11 is 0. The molecule has 0 aliphatic heterocycles. The zero-order valence-electron chi connectivity index (χ0n) is 5.52. The molecule has 11 heavy (non-hydrogen) atoms. The van der Waals surface area contributed by atoms with Crippen LogP contribution in [0.1, 0.15) is 10.4 Å². The molecule has 60 valence electrons. The summed E-state index contributed by atoms with van der Waals surface area (Å²) in [5, 5.41) is 17.7. The van der Waals surface area contributed by atoms with E-state index >= 15 is 0 Å². The van der Waals surface area contributed by atoms with E-state index in [1.54, 1.807) is 0 Å². The van der Waals surface area contributed by atoms with Crippen LogP contribution in [0.5, 0.6) is 11.5 Å². The number of carbonyl (C=O) groups is 1. The van der Waals surface area contributed by atoms with Gasteiger partial charge in [0.25, 0.3) is 0 Å². The van der Waals surface area contributed by atoms with Crippen molar-refractivity contribution in [3.05, 3.63) is 23.8 Å². The van der Waals surface area contributed by atoms with E-state index in [-0.39, 0.29) is 29.5 Å². The summed E-state index contributed by atoms with van der Waals surface area (Å²) in [6, 6.07) is 3.80. The highest BCUT2D eigenvalue weighted by Gasteiger charge is 1.98. The van der Waals surface area contributed by atoms with Gasteiger partial charge in [0.05, 0.1) is 5.56 Å². The van der Waals surface area contributed by atoms with Gasteiger partial charge in [-0.3, -0.25) is 4.79 Å². The summed E-state index contributed by atoms with van der Waals surface area (Å²) in [7, 11) is 0. The van der Waals surface area contributed by atoms with E-state index in [1.165, 1.54) is 12.1 Å². The predicted molar refractivity (Wildman–Crippen MR) is 42.4 cm³/mol. The van der Waals surface area contributed by atoms with E-state index in [9.17, 15) is 4.79 Å². The average molecular weight is 175 g/mol. The van der Waals surface area contributed by atoms with Crippen LogP contribution in [-0.4, -0.2) is 16.5 Å². The van der Waals surface area contributed by atoms with Crippen LogP contribution in [0.2, 0.25) is 0 Å². The first-order valence-electron chi connectivity index (χ1n) is 2.71. The highest BCUT2D eigenvalue weighted by atomic mass is 35.5. The molecule has 3 nitrogen and oxygen atoms in total. The third-order valence-corrected chi connectivity index (χ3v) is 1.14. The predicted octanol–water partition coefficient (Wildman–Crippen LogP) is 1.33. The number of hydrogen-bond acceptors (Lipinski definition) is 3. The van der Waals surface area contributed by atoms with Crippen molar-refractivity contribution in [2.75, 3.05) is 0 Å². The number of benzene rings is 1. The number of carbonyl (C=O) groups excluding carboxylic acids is 1. The maximum Gasteiger partial charge on any atom is 0.153 e. The Morgan fingerprint density at radius 2 is 1.91 bits per heavy atom. The number of aromatic hydroxyl groups is 2. The second kappa shape index (κ2) is 3.83. The molecule has 1 rings (SSSR count). The lowest BCUT2D eigenvalue weighted by atomic mass is 10.2. The van der Waals surface area contributed by atoms with Crippen molar-refractivity contribution >= 4 is 18.7 Å². The Morgan fingerprint density at radius 3 is 2.36 bits per heavy atom. The van der Waals surface area contributed by atoms with Gasteiger partial charge in [-0.25, -0.2) is 0 Å². The van der Waals surface area contributed by atoms with E-state index in [4.69, 9.17) is 10.2 Å². The fraction of sp³-hybridized carbons (Fsp3) is 0. The molecular formula is C7H7ClO3. The molecule has 0 spiro atoms. The molecule has 0 saturated heterocycles. The maximum atomic E-state index is 10.1. The Morgan fingerprint density at radius 1 is 1.27 bits per heavy atom. The van der Waals surface area contributed by atoms with Gasteiger partial charge < -0.3 is 10.2 Å². The minimum absolute atomic E-state index is 0. The van der Waals surface area contributed by atoms with Crippen LogP contribution in [0.25, 0.3) is 0 Å². The molecule has 0 unspecified atom stereocenters. The molecule has 0 aliphatic rings. The van der Waals surface area contributed by atoms with Crippen molar-refractivity contribution < 1.29 is 15.0 Å². The van der Waals surface area contributed by atoms with Gasteiger partial charge >= 0.3 is 0 Å². The Bertz CT molecular complexity index is 260. The zero-order chi connectivity index (χ0) is 7.56. The molecule has 0 heterocycles. The third kappa shape index (κ3) is 2.13. The topological polar surface area (TPSA) is 57.5 Å². The third-order valence-electron chi connectivity index (χ3n) is 1.14. The zero-order valence-corrected chi connectivity index (χ0v) is 6.34. The van der Waals surface area contributed by atoms with E-state index in [0.29, 0.717) is 6.29 Å². The molecule has 0 aliphatic carbocycles. The first kappa shape index (κ1) is 9.78. The van der Waals surface area contributed by atoms with Gasteiger partial charge in [0, 0.05) is 6.07 Å². The molecule has 0 fully saturated rings. The van der Waals surface area contributed by atoms with Gasteiger partial charge in [-0.15, -0.1) is 12.4 Å². The monoisotopic (exact) mass is 174 g/mol. The van der Waals surface area contributed by atoms with Crippen molar-refractivity contribution in [3.63, 3.8) is 0 Å².